The summed E-state index contributed by atoms with van der Waals surface area (Å²) in [5.74, 6) is 0. The van der Waals surface area contributed by atoms with Crippen molar-refractivity contribution in [1.29, 1.82) is 5.26 Å². The van der Waals surface area contributed by atoms with Crippen LogP contribution in [-0.4, -0.2) is 43.8 Å². The molecule has 2 N–H and O–H groups in total. The summed E-state index contributed by atoms with van der Waals surface area (Å²) in [7, 11) is 0. The van der Waals surface area contributed by atoms with Crippen LogP contribution in [0.2, 0.25) is 0 Å². The fourth-order valence-electron chi connectivity index (χ4n) is 1.42. The highest BCUT2D eigenvalue weighted by molar-refractivity contribution is 4.86. The van der Waals surface area contributed by atoms with Crippen LogP contribution in [0.4, 0.5) is 0 Å². The first-order valence-electron chi connectivity index (χ1n) is 4.78. The van der Waals surface area contributed by atoms with E-state index in [1.807, 2.05) is 6.07 Å². The molecule has 1 saturated heterocycles. The number of rotatable bonds is 4. The second kappa shape index (κ2) is 5.92. The Labute approximate surface area is 79.3 Å². The minimum absolute atomic E-state index is 0.291. The molecule has 0 aliphatic carbocycles. The van der Waals surface area contributed by atoms with Crippen LogP contribution < -0.4 is 5.73 Å². The van der Waals surface area contributed by atoms with Crippen molar-refractivity contribution in [3.8, 4) is 6.07 Å². The van der Waals surface area contributed by atoms with E-state index in [0.717, 1.165) is 45.7 Å². The lowest BCUT2D eigenvalue weighted by molar-refractivity contribution is 0.0371. The van der Waals surface area contributed by atoms with E-state index in [2.05, 4.69) is 4.90 Å². The predicted octanol–water partition coefficient (Wildman–Crippen LogP) is -0.0503. The molecule has 13 heavy (non-hydrogen) atoms. The van der Waals surface area contributed by atoms with E-state index < -0.39 is 0 Å². The molecule has 0 spiro atoms. The van der Waals surface area contributed by atoms with Gasteiger partial charge in [0.2, 0.25) is 0 Å². The lowest BCUT2D eigenvalue weighted by Gasteiger charge is -2.26. The van der Waals surface area contributed by atoms with Crippen LogP contribution in [0.25, 0.3) is 0 Å². The van der Waals surface area contributed by atoms with Crippen LogP contribution in [-0.2, 0) is 4.74 Å². The normalized spacial score (nSPS) is 20.9. The van der Waals surface area contributed by atoms with Gasteiger partial charge in [-0.2, -0.15) is 5.26 Å². The van der Waals surface area contributed by atoms with E-state index in [1.165, 1.54) is 0 Å². The van der Waals surface area contributed by atoms with E-state index in [0.29, 0.717) is 0 Å². The minimum Gasteiger partial charge on any atom is -0.379 e. The van der Waals surface area contributed by atoms with Gasteiger partial charge in [0.15, 0.2) is 0 Å². The number of nitriles is 1. The van der Waals surface area contributed by atoms with Crippen molar-refractivity contribution in [1.82, 2.24) is 4.90 Å². The lowest BCUT2D eigenvalue weighted by Crippen LogP contribution is -2.37. The molecule has 1 fully saturated rings. The molecule has 1 aliphatic heterocycles. The van der Waals surface area contributed by atoms with Crippen molar-refractivity contribution in [2.24, 2.45) is 5.73 Å². The molecule has 1 aliphatic rings. The standard InChI is InChI=1S/C9H17N3O/c10-8-9(11)2-1-3-12-4-6-13-7-5-12/h9H,1-7,11H2. The lowest BCUT2D eigenvalue weighted by atomic mass is 10.2. The molecular weight excluding hydrogens is 166 g/mol. The molecule has 0 aromatic carbocycles. The van der Waals surface area contributed by atoms with Gasteiger partial charge in [-0.3, -0.25) is 4.90 Å². The van der Waals surface area contributed by atoms with Gasteiger partial charge in [0.1, 0.15) is 0 Å². The second-order valence-electron chi connectivity index (χ2n) is 3.33. The van der Waals surface area contributed by atoms with E-state index >= 15 is 0 Å². The van der Waals surface area contributed by atoms with Crippen LogP contribution in [0.3, 0.4) is 0 Å². The summed E-state index contributed by atoms with van der Waals surface area (Å²) in [5, 5.41) is 8.46. The SMILES string of the molecule is N#CC(N)CCCN1CCOCC1. The average molecular weight is 183 g/mol. The third kappa shape index (κ3) is 4.23. The Kier molecular flexibility index (Phi) is 4.76. The number of hydrogen-bond donors (Lipinski definition) is 1. The Morgan fingerprint density at radius 3 is 2.77 bits per heavy atom. The molecule has 0 radical (unpaired) electrons. The number of hydrogen-bond acceptors (Lipinski definition) is 4. The molecule has 1 unspecified atom stereocenters. The zero-order chi connectivity index (χ0) is 9.52. The first kappa shape index (κ1) is 10.5. The topological polar surface area (TPSA) is 62.3 Å². The Balaban J connectivity index is 2.02. The zero-order valence-electron chi connectivity index (χ0n) is 7.91. The van der Waals surface area contributed by atoms with Gasteiger partial charge in [-0.25, -0.2) is 0 Å². The van der Waals surface area contributed by atoms with Gasteiger partial charge in [-0.1, -0.05) is 0 Å². The van der Waals surface area contributed by atoms with Crippen molar-refractivity contribution in [3.05, 3.63) is 0 Å². The van der Waals surface area contributed by atoms with Crippen LogP contribution >= 0.6 is 0 Å². The van der Waals surface area contributed by atoms with Crippen LogP contribution in [0.15, 0.2) is 0 Å². The highest BCUT2D eigenvalue weighted by atomic mass is 16.5. The molecule has 1 heterocycles. The third-order valence-electron chi connectivity index (χ3n) is 2.26. The van der Waals surface area contributed by atoms with E-state index in [4.69, 9.17) is 15.7 Å². The molecule has 74 valence electrons. The number of nitrogens with zero attached hydrogens (tertiary/aromatic N) is 2. The maximum absolute atomic E-state index is 8.46. The van der Waals surface area contributed by atoms with Gasteiger partial charge in [0.05, 0.1) is 25.3 Å². The molecule has 0 bridgehead atoms. The van der Waals surface area contributed by atoms with Gasteiger partial charge in [0.25, 0.3) is 0 Å². The third-order valence-corrected chi connectivity index (χ3v) is 2.26. The molecule has 0 aromatic rings. The Bertz CT molecular complexity index is 172. The first-order chi connectivity index (χ1) is 6.33. The molecule has 1 rings (SSSR count). The summed E-state index contributed by atoms with van der Waals surface area (Å²) in [6.07, 6.45) is 1.81. The molecule has 1 atom stereocenters. The summed E-state index contributed by atoms with van der Waals surface area (Å²) >= 11 is 0. The minimum atomic E-state index is -0.291. The predicted molar refractivity (Wildman–Crippen MR) is 50.1 cm³/mol. The first-order valence-corrected chi connectivity index (χ1v) is 4.78. The molecular formula is C9H17N3O. The maximum Gasteiger partial charge on any atom is 0.0928 e. The molecule has 0 aromatic heterocycles. The Hall–Kier alpha value is -0.630. The Morgan fingerprint density at radius 1 is 1.46 bits per heavy atom. The van der Waals surface area contributed by atoms with Crippen LogP contribution in [0.5, 0.6) is 0 Å². The van der Waals surface area contributed by atoms with Crippen LogP contribution in [0, 0.1) is 11.3 Å². The fourth-order valence-corrected chi connectivity index (χ4v) is 1.42. The quantitative estimate of drug-likeness (QED) is 0.663. The summed E-state index contributed by atoms with van der Waals surface area (Å²) in [6, 6.07) is 1.75. The summed E-state index contributed by atoms with van der Waals surface area (Å²) in [4.78, 5) is 2.35. The summed E-state index contributed by atoms with van der Waals surface area (Å²) < 4.78 is 5.23. The van der Waals surface area contributed by atoms with Crippen molar-refractivity contribution in [3.63, 3.8) is 0 Å². The molecule has 4 nitrogen and oxygen atoms in total. The molecule has 4 heteroatoms. The number of morpholine rings is 1. The number of ether oxygens (including phenoxy) is 1. The largest absolute Gasteiger partial charge is 0.379 e. The zero-order valence-corrected chi connectivity index (χ0v) is 7.91. The molecule has 0 amide bonds. The second-order valence-corrected chi connectivity index (χ2v) is 3.33. The Morgan fingerprint density at radius 2 is 2.15 bits per heavy atom. The van der Waals surface area contributed by atoms with Gasteiger partial charge in [-0.05, 0) is 19.4 Å². The molecule has 0 saturated carbocycles. The van der Waals surface area contributed by atoms with Gasteiger partial charge in [-0.15, -0.1) is 0 Å². The van der Waals surface area contributed by atoms with E-state index in [-0.39, 0.29) is 6.04 Å². The van der Waals surface area contributed by atoms with Crippen LogP contribution in [0.1, 0.15) is 12.8 Å². The smallest absolute Gasteiger partial charge is 0.0928 e. The van der Waals surface area contributed by atoms with Crippen molar-refractivity contribution >= 4 is 0 Å². The summed E-state index contributed by atoms with van der Waals surface area (Å²) in [6.45, 7) is 4.75. The maximum atomic E-state index is 8.46. The number of nitrogens with two attached hydrogens (primary N) is 1. The van der Waals surface area contributed by atoms with E-state index in [1.54, 1.807) is 0 Å². The van der Waals surface area contributed by atoms with Crippen molar-refractivity contribution < 1.29 is 4.74 Å². The van der Waals surface area contributed by atoms with Crippen molar-refractivity contribution in [2.75, 3.05) is 32.8 Å². The monoisotopic (exact) mass is 183 g/mol. The summed E-state index contributed by atoms with van der Waals surface area (Å²) in [5.41, 5.74) is 5.48. The highest BCUT2D eigenvalue weighted by Crippen LogP contribution is 2.01. The highest BCUT2D eigenvalue weighted by Gasteiger charge is 2.09. The average Bonchev–Trinajstić information content (AvgIpc) is 2.19. The fraction of sp³-hybridized carbons (Fsp3) is 0.889. The van der Waals surface area contributed by atoms with Crippen molar-refractivity contribution in [2.45, 2.75) is 18.9 Å². The van der Waals surface area contributed by atoms with Gasteiger partial charge in [0, 0.05) is 13.1 Å². The van der Waals surface area contributed by atoms with E-state index in [9.17, 15) is 0 Å². The van der Waals surface area contributed by atoms with Gasteiger partial charge >= 0.3 is 0 Å². The van der Waals surface area contributed by atoms with Gasteiger partial charge < -0.3 is 10.5 Å².